The van der Waals surface area contributed by atoms with E-state index in [4.69, 9.17) is 5.73 Å². The van der Waals surface area contributed by atoms with E-state index in [2.05, 4.69) is 20.7 Å². The summed E-state index contributed by atoms with van der Waals surface area (Å²) in [5, 5.41) is 0. The summed E-state index contributed by atoms with van der Waals surface area (Å²) < 4.78 is 28.4. The van der Waals surface area contributed by atoms with E-state index in [0.717, 1.165) is 35.5 Å². The number of sulfonamides is 1. The van der Waals surface area contributed by atoms with Gasteiger partial charge in [0.1, 0.15) is 0 Å². The second kappa shape index (κ2) is 7.46. The molecule has 1 aliphatic heterocycles. The fourth-order valence-electron chi connectivity index (χ4n) is 2.38. The first kappa shape index (κ1) is 17.3. The van der Waals surface area contributed by atoms with Crippen LogP contribution in [0.15, 0.2) is 21.5 Å². The molecule has 118 valence electrons. The van der Waals surface area contributed by atoms with Gasteiger partial charge in [-0.25, -0.2) is 13.1 Å². The summed E-state index contributed by atoms with van der Waals surface area (Å²) in [6.45, 7) is 2.72. The van der Waals surface area contributed by atoms with Gasteiger partial charge in [0, 0.05) is 17.6 Å². The number of nitrogens with one attached hydrogen (secondary N) is 1. The number of nitrogens with two attached hydrogens (primary N) is 1. The van der Waals surface area contributed by atoms with Gasteiger partial charge in [0.25, 0.3) is 0 Å². The molecule has 2 rings (SSSR count). The van der Waals surface area contributed by atoms with E-state index < -0.39 is 10.0 Å². The number of thioether (sulfide) groups is 1. The van der Waals surface area contributed by atoms with Crippen LogP contribution in [-0.4, -0.2) is 26.5 Å². The highest BCUT2D eigenvalue weighted by Gasteiger charge is 2.22. The quantitative estimate of drug-likeness (QED) is 0.807. The van der Waals surface area contributed by atoms with Crippen molar-refractivity contribution in [3.63, 3.8) is 0 Å². The molecule has 7 heteroatoms. The molecule has 0 saturated carbocycles. The molecule has 1 aromatic carbocycles. The van der Waals surface area contributed by atoms with Crippen LogP contribution in [0.5, 0.6) is 0 Å². The zero-order valence-electron chi connectivity index (χ0n) is 12.1. The van der Waals surface area contributed by atoms with Gasteiger partial charge in [-0.05, 0) is 70.3 Å². The zero-order chi connectivity index (χ0) is 15.5. The van der Waals surface area contributed by atoms with Crippen LogP contribution in [0.4, 0.5) is 0 Å². The van der Waals surface area contributed by atoms with Crippen LogP contribution in [0, 0.1) is 12.8 Å². The third kappa shape index (κ3) is 4.45. The average Bonchev–Trinajstić information content (AvgIpc) is 2.48. The SMILES string of the molecule is Cc1cc(CN)cc(S(=O)(=O)NCC2CCSCC2)c1Br. The number of hydrogen-bond acceptors (Lipinski definition) is 4. The molecule has 1 heterocycles. The maximum atomic E-state index is 12.5. The van der Waals surface area contributed by atoms with E-state index >= 15 is 0 Å². The Labute approximate surface area is 139 Å². The van der Waals surface area contributed by atoms with Crippen LogP contribution in [-0.2, 0) is 16.6 Å². The molecular weight excluding hydrogens is 372 g/mol. The Kier molecular flexibility index (Phi) is 6.14. The maximum absolute atomic E-state index is 12.5. The third-order valence-electron chi connectivity index (χ3n) is 3.71. The summed E-state index contributed by atoms with van der Waals surface area (Å²) in [6.07, 6.45) is 2.16. The smallest absolute Gasteiger partial charge is 0.241 e. The average molecular weight is 393 g/mol. The summed E-state index contributed by atoms with van der Waals surface area (Å²) in [7, 11) is -3.50. The summed E-state index contributed by atoms with van der Waals surface area (Å²) in [5.74, 6) is 2.69. The Hall–Kier alpha value is -0.0800. The Morgan fingerprint density at radius 2 is 2.05 bits per heavy atom. The molecule has 1 saturated heterocycles. The van der Waals surface area contributed by atoms with Gasteiger partial charge >= 0.3 is 0 Å². The normalized spacial score (nSPS) is 17.1. The number of benzene rings is 1. The molecule has 1 fully saturated rings. The lowest BCUT2D eigenvalue weighted by Gasteiger charge is -2.22. The number of halogens is 1. The number of aryl methyl sites for hydroxylation is 1. The highest BCUT2D eigenvalue weighted by molar-refractivity contribution is 9.10. The maximum Gasteiger partial charge on any atom is 0.241 e. The van der Waals surface area contributed by atoms with Crippen LogP contribution in [0.25, 0.3) is 0 Å². The van der Waals surface area contributed by atoms with Crippen molar-refractivity contribution >= 4 is 37.7 Å². The fourth-order valence-corrected chi connectivity index (χ4v) is 5.76. The molecule has 4 nitrogen and oxygen atoms in total. The van der Waals surface area contributed by atoms with Crippen LogP contribution < -0.4 is 10.5 Å². The highest BCUT2D eigenvalue weighted by atomic mass is 79.9. The number of rotatable bonds is 5. The summed E-state index contributed by atoms with van der Waals surface area (Å²) in [5.41, 5.74) is 7.35. The minimum Gasteiger partial charge on any atom is -0.326 e. The van der Waals surface area contributed by atoms with E-state index in [0.29, 0.717) is 23.5 Å². The van der Waals surface area contributed by atoms with Crippen molar-refractivity contribution in [3.05, 3.63) is 27.7 Å². The monoisotopic (exact) mass is 392 g/mol. The fraction of sp³-hybridized carbons (Fsp3) is 0.571. The predicted molar refractivity (Wildman–Crippen MR) is 92.0 cm³/mol. The molecular formula is C14H21BrN2O2S2. The van der Waals surface area contributed by atoms with Crippen LogP contribution >= 0.6 is 27.7 Å². The lowest BCUT2D eigenvalue weighted by molar-refractivity contribution is 0.476. The second-order valence-corrected chi connectivity index (χ2v) is 9.09. The highest BCUT2D eigenvalue weighted by Crippen LogP contribution is 2.28. The first-order valence-electron chi connectivity index (χ1n) is 7.00. The summed E-state index contributed by atoms with van der Waals surface area (Å²) in [6, 6.07) is 3.55. The molecule has 0 aliphatic carbocycles. The van der Waals surface area contributed by atoms with Crippen LogP contribution in [0.3, 0.4) is 0 Å². The molecule has 1 aliphatic rings. The minimum atomic E-state index is -3.50. The van der Waals surface area contributed by atoms with Crippen molar-refractivity contribution in [1.29, 1.82) is 0 Å². The van der Waals surface area contributed by atoms with E-state index in [1.165, 1.54) is 0 Å². The molecule has 3 N–H and O–H groups in total. The molecule has 0 spiro atoms. The first-order chi connectivity index (χ1) is 9.94. The number of hydrogen-bond donors (Lipinski definition) is 2. The van der Waals surface area contributed by atoms with Gasteiger partial charge in [-0.1, -0.05) is 6.07 Å². The molecule has 0 aromatic heterocycles. The summed E-state index contributed by atoms with van der Waals surface area (Å²) in [4.78, 5) is 0.285. The summed E-state index contributed by atoms with van der Waals surface area (Å²) >= 11 is 5.32. The standard InChI is InChI=1S/C14H21BrN2O2S2/c1-10-6-12(8-16)7-13(14(10)15)21(18,19)17-9-11-2-4-20-5-3-11/h6-7,11,17H,2-5,8-9,16H2,1H3. The van der Waals surface area contributed by atoms with Crippen molar-refractivity contribution in [2.75, 3.05) is 18.1 Å². The second-order valence-electron chi connectivity index (χ2n) is 5.34. The van der Waals surface area contributed by atoms with Gasteiger partial charge in [-0.15, -0.1) is 0 Å². The Balaban J connectivity index is 2.16. The Morgan fingerprint density at radius 1 is 1.38 bits per heavy atom. The lowest BCUT2D eigenvalue weighted by Crippen LogP contribution is -2.31. The first-order valence-corrected chi connectivity index (χ1v) is 10.4. The third-order valence-corrected chi connectivity index (χ3v) is 7.52. The molecule has 0 unspecified atom stereocenters. The Bertz CT molecular complexity index is 599. The van der Waals surface area contributed by atoms with Gasteiger partial charge in [-0.2, -0.15) is 11.8 Å². The molecule has 21 heavy (non-hydrogen) atoms. The zero-order valence-corrected chi connectivity index (χ0v) is 15.3. The largest absolute Gasteiger partial charge is 0.326 e. The minimum absolute atomic E-state index is 0.285. The Morgan fingerprint density at radius 3 is 2.67 bits per heavy atom. The van der Waals surface area contributed by atoms with Crippen molar-refractivity contribution in [3.8, 4) is 0 Å². The molecule has 0 atom stereocenters. The van der Waals surface area contributed by atoms with E-state index in [1.54, 1.807) is 6.07 Å². The van der Waals surface area contributed by atoms with E-state index in [1.807, 2.05) is 24.8 Å². The van der Waals surface area contributed by atoms with E-state index in [-0.39, 0.29) is 4.90 Å². The van der Waals surface area contributed by atoms with Crippen LogP contribution in [0.1, 0.15) is 24.0 Å². The van der Waals surface area contributed by atoms with Crippen molar-refractivity contribution in [2.24, 2.45) is 11.7 Å². The molecule has 1 aromatic rings. The van der Waals surface area contributed by atoms with Crippen molar-refractivity contribution < 1.29 is 8.42 Å². The van der Waals surface area contributed by atoms with Gasteiger partial charge in [0.15, 0.2) is 0 Å². The van der Waals surface area contributed by atoms with Crippen molar-refractivity contribution in [1.82, 2.24) is 4.72 Å². The molecule has 0 amide bonds. The van der Waals surface area contributed by atoms with Gasteiger partial charge < -0.3 is 5.73 Å². The van der Waals surface area contributed by atoms with Gasteiger partial charge in [0.2, 0.25) is 10.0 Å². The lowest BCUT2D eigenvalue weighted by atomic mass is 10.0. The van der Waals surface area contributed by atoms with E-state index in [9.17, 15) is 8.42 Å². The van der Waals surface area contributed by atoms with Crippen LogP contribution in [0.2, 0.25) is 0 Å². The topological polar surface area (TPSA) is 72.2 Å². The van der Waals surface area contributed by atoms with Gasteiger partial charge in [0.05, 0.1) is 4.90 Å². The predicted octanol–water partition coefficient (Wildman–Crippen LogP) is 2.64. The van der Waals surface area contributed by atoms with Gasteiger partial charge in [-0.3, -0.25) is 0 Å². The van der Waals surface area contributed by atoms with Crippen molar-refractivity contribution in [2.45, 2.75) is 31.2 Å². The molecule has 0 radical (unpaired) electrons. The molecule has 0 bridgehead atoms.